The van der Waals surface area contributed by atoms with E-state index in [-0.39, 0.29) is 20.1 Å². The first-order valence-corrected chi connectivity index (χ1v) is 11.1. The summed E-state index contributed by atoms with van der Waals surface area (Å²) in [5.74, 6) is 0. The maximum Gasteiger partial charge on any atom is 3.00 e. The fourth-order valence-corrected chi connectivity index (χ4v) is 3.09. The molecule has 0 radical (unpaired) electrons. The average molecular weight is 644 g/mol. The van der Waals surface area contributed by atoms with Crippen LogP contribution in [-0.2, 0) is 20.1 Å². The summed E-state index contributed by atoms with van der Waals surface area (Å²) >= 11 is 0. The van der Waals surface area contributed by atoms with Crippen molar-refractivity contribution in [2.45, 2.75) is 0 Å². The summed E-state index contributed by atoms with van der Waals surface area (Å²) in [4.78, 5) is 8.44. The van der Waals surface area contributed by atoms with Gasteiger partial charge in [-0.25, -0.2) is 0 Å². The molecule has 0 aliphatic rings. The van der Waals surface area contributed by atoms with E-state index >= 15 is 0 Å². The molecule has 176 valence electrons. The molecule has 0 unspecified atom stereocenters. The Morgan fingerprint density at radius 3 is 1.42 bits per heavy atom. The molecular weight excluding hydrogens is 621 g/mol. The van der Waals surface area contributed by atoms with Crippen LogP contribution in [0.2, 0.25) is 0 Å². The number of nitrogens with zero attached hydrogens (tertiary/aromatic N) is 4. The topological polar surface area (TPSA) is 43.6 Å². The van der Waals surface area contributed by atoms with Gasteiger partial charge in [0.1, 0.15) is 0 Å². The molecule has 36 heavy (non-hydrogen) atoms. The molecule has 0 bridgehead atoms. The summed E-state index contributed by atoms with van der Waals surface area (Å²) in [5, 5.41) is 4.07. The molecule has 0 N–H and O–H groups in total. The Balaban J connectivity index is 0.000000149. The maximum absolute atomic E-state index is 4.22. The number of rotatable bonds is 3. The van der Waals surface area contributed by atoms with Gasteiger partial charge in [0, 0.05) is 24.8 Å². The van der Waals surface area contributed by atoms with Gasteiger partial charge in [0.25, 0.3) is 0 Å². The first-order chi connectivity index (χ1) is 17.4. The van der Waals surface area contributed by atoms with E-state index in [2.05, 4.69) is 33.3 Å². The molecule has 5 heteroatoms. The zero-order valence-corrected chi connectivity index (χ0v) is 21.8. The Morgan fingerprint density at radius 1 is 0.500 bits per heavy atom. The largest absolute Gasteiger partial charge is 3.00 e. The molecule has 3 aromatic heterocycles. The van der Waals surface area contributed by atoms with Crippen LogP contribution >= 0.6 is 0 Å². The van der Waals surface area contributed by atoms with Gasteiger partial charge in [-0.05, 0) is 35.3 Å². The molecule has 4 nitrogen and oxygen atoms in total. The SMILES string of the molecule is [Ir+3].[c-]1ccccc1-c1ccccn1.[c-]1ccccc1-c1ccccn1.[c-]1ccccc1-n1cccn1. The second-order valence-corrected chi connectivity index (χ2v) is 7.18. The fraction of sp³-hybridized carbons (Fsp3) is 0. The number of para-hydroxylation sites is 1. The van der Waals surface area contributed by atoms with Crippen LogP contribution in [-0.4, -0.2) is 19.7 Å². The first-order valence-electron chi connectivity index (χ1n) is 11.1. The van der Waals surface area contributed by atoms with Crippen molar-refractivity contribution < 1.29 is 20.1 Å². The number of hydrogen-bond donors (Lipinski definition) is 0. The van der Waals surface area contributed by atoms with Crippen LogP contribution in [0.1, 0.15) is 0 Å². The van der Waals surface area contributed by atoms with Crippen LogP contribution in [0.5, 0.6) is 0 Å². The Bertz CT molecular complexity index is 1200. The van der Waals surface area contributed by atoms with Gasteiger partial charge in [0.05, 0.1) is 0 Å². The molecule has 0 aliphatic carbocycles. The van der Waals surface area contributed by atoms with Crippen molar-refractivity contribution in [3.05, 3.63) is 158 Å². The minimum Gasteiger partial charge on any atom is -0.305 e. The van der Waals surface area contributed by atoms with E-state index in [1.807, 2.05) is 121 Å². The van der Waals surface area contributed by atoms with Crippen molar-refractivity contribution in [1.82, 2.24) is 19.7 Å². The number of hydrogen-bond acceptors (Lipinski definition) is 3. The molecule has 0 atom stereocenters. The molecule has 6 aromatic rings. The quantitative estimate of drug-likeness (QED) is 0.200. The molecule has 0 spiro atoms. The van der Waals surface area contributed by atoms with E-state index in [1.54, 1.807) is 23.3 Å². The van der Waals surface area contributed by atoms with Crippen molar-refractivity contribution in [2.24, 2.45) is 0 Å². The van der Waals surface area contributed by atoms with Gasteiger partial charge in [-0.15, -0.1) is 77.9 Å². The third kappa shape index (κ3) is 8.24. The number of aromatic nitrogens is 4. The molecule has 6 rings (SSSR count). The fourth-order valence-electron chi connectivity index (χ4n) is 3.09. The Labute approximate surface area is 225 Å². The minimum atomic E-state index is 0. The van der Waals surface area contributed by atoms with Crippen molar-refractivity contribution >= 4 is 0 Å². The second kappa shape index (κ2) is 14.9. The van der Waals surface area contributed by atoms with Crippen molar-refractivity contribution in [1.29, 1.82) is 0 Å². The Morgan fingerprint density at radius 2 is 1.03 bits per heavy atom. The van der Waals surface area contributed by atoms with Crippen LogP contribution in [0.25, 0.3) is 28.2 Å². The molecule has 3 heterocycles. The number of pyridine rings is 2. The molecule has 0 amide bonds. The van der Waals surface area contributed by atoms with Crippen molar-refractivity contribution in [3.63, 3.8) is 0 Å². The monoisotopic (exact) mass is 644 g/mol. The van der Waals surface area contributed by atoms with Crippen molar-refractivity contribution in [2.75, 3.05) is 0 Å². The second-order valence-electron chi connectivity index (χ2n) is 7.18. The van der Waals surface area contributed by atoms with Gasteiger partial charge in [-0.1, -0.05) is 24.3 Å². The molecule has 0 aliphatic heterocycles. The summed E-state index contributed by atoms with van der Waals surface area (Å²) in [7, 11) is 0. The first kappa shape index (κ1) is 26.4. The van der Waals surface area contributed by atoms with Gasteiger partial charge in [0.2, 0.25) is 0 Å². The van der Waals surface area contributed by atoms with E-state index < -0.39 is 0 Å². The van der Waals surface area contributed by atoms with Crippen LogP contribution in [0.15, 0.2) is 140 Å². The summed E-state index contributed by atoms with van der Waals surface area (Å²) in [6, 6.07) is 46.3. The van der Waals surface area contributed by atoms with Crippen LogP contribution in [0.4, 0.5) is 0 Å². The number of benzene rings is 3. The zero-order chi connectivity index (χ0) is 24.0. The van der Waals surface area contributed by atoms with E-state index in [0.29, 0.717) is 0 Å². The van der Waals surface area contributed by atoms with E-state index in [4.69, 9.17) is 0 Å². The summed E-state index contributed by atoms with van der Waals surface area (Å²) in [6.07, 6.45) is 7.22. The Kier molecular flexibility index (Phi) is 11.0. The third-order valence-corrected chi connectivity index (χ3v) is 4.74. The zero-order valence-electron chi connectivity index (χ0n) is 19.4. The smallest absolute Gasteiger partial charge is 0.305 e. The van der Waals surface area contributed by atoms with Gasteiger partial charge < -0.3 is 9.97 Å². The molecule has 0 fully saturated rings. The average Bonchev–Trinajstić information content (AvgIpc) is 3.52. The Hall–Kier alpha value is -4.18. The van der Waals surface area contributed by atoms with Gasteiger partial charge in [-0.3, -0.25) is 4.68 Å². The third-order valence-electron chi connectivity index (χ3n) is 4.74. The minimum absolute atomic E-state index is 0. The van der Waals surface area contributed by atoms with E-state index in [0.717, 1.165) is 28.2 Å². The molecular formula is C31H23IrN4. The van der Waals surface area contributed by atoms with Gasteiger partial charge >= 0.3 is 20.1 Å². The summed E-state index contributed by atoms with van der Waals surface area (Å²) < 4.78 is 1.78. The molecule has 0 saturated heterocycles. The molecule has 3 aromatic carbocycles. The van der Waals surface area contributed by atoms with Crippen LogP contribution in [0.3, 0.4) is 0 Å². The van der Waals surface area contributed by atoms with Crippen molar-refractivity contribution in [3.8, 4) is 28.2 Å². The van der Waals surface area contributed by atoms with Crippen LogP contribution in [0, 0.1) is 18.2 Å². The standard InChI is InChI=1S/2C11H8N.C9H7N2.Ir/c2*1-2-6-10(7-3-1)11-8-4-5-9-12-11;1-2-5-9(6-3-1)11-8-4-7-10-11;/h2*1-6,8-9H;1-5,7-8H;/q3*-1;+3. The van der Waals surface area contributed by atoms with E-state index in [9.17, 15) is 0 Å². The maximum atomic E-state index is 4.22. The van der Waals surface area contributed by atoms with Crippen LogP contribution < -0.4 is 0 Å². The molecule has 0 saturated carbocycles. The summed E-state index contributed by atoms with van der Waals surface area (Å²) in [5.41, 5.74) is 4.99. The normalized spacial score (nSPS) is 9.44. The van der Waals surface area contributed by atoms with Gasteiger partial charge in [0.15, 0.2) is 0 Å². The predicted molar refractivity (Wildman–Crippen MR) is 139 cm³/mol. The van der Waals surface area contributed by atoms with Gasteiger partial charge in [-0.2, -0.15) is 29.4 Å². The summed E-state index contributed by atoms with van der Waals surface area (Å²) in [6.45, 7) is 0. The van der Waals surface area contributed by atoms with E-state index in [1.165, 1.54) is 0 Å². The predicted octanol–water partition coefficient (Wildman–Crippen LogP) is 6.77.